The fraction of sp³-hybridized carbons (Fsp3) is 0.381. The fourth-order valence-electron chi connectivity index (χ4n) is 3.99. The van der Waals surface area contributed by atoms with E-state index < -0.39 is 0 Å². The molecule has 1 saturated carbocycles. The van der Waals surface area contributed by atoms with Crippen LogP contribution in [0.2, 0.25) is 0 Å². The molecule has 3 aromatic rings. The number of piperidine rings is 1. The highest BCUT2D eigenvalue weighted by Crippen LogP contribution is 2.53. The summed E-state index contributed by atoms with van der Waals surface area (Å²) >= 11 is 0. The van der Waals surface area contributed by atoms with Gasteiger partial charge in [0.05, 0.1) is 17.9 Å². The van der Waals surface area contributed by atoms with Crippen LogP contribution in [0.4, 0.5) is 0 Å². The summed E-state index contributed by atoms with van der Waals surface area (Å²) in [4.78, 5) is 9.07. The average Bonchev–Trinajstić information content (AvgIpc) is 3.32. The number of ether oxygens (including phenoxy) is 1. The maximum absolute atomic E-state index is 6.26. The van der Waals surface area contributed by atoms with E-state index in [1.165, 1.54) is 19.3 Å². The van der Waals surface area contributed by atoms with Crippen molar-refractivity contribution in [3.8, 4) is 17.3 Å². The van der Waals surface area contributed by atoms with E-state index in [2.05, 4.69) is 33.1 Å². The molecule has 1 aromatic carbocycles. The van der Waals surface area contributed by atoms with Gasteiger partial charge in [0, 0.05) is 17.3 Å². The summed E-state index contributed by atoms with van der Waals surface area (Å²) in [5.74, 6) is 0.569. The van der Waals surface area contributed by atoms with E-state index in [0.717, 1.165) is 40.8 Å². The first kappa shape index (κ1) is 16.4. The molecule has 0 radical (unpaired) electrons. The van der Waals surface area contributed by atoms with E-state index >= 15 is 0 Å². The first-order valence-corrected chi connectivity index (χ1v) is 9.48. The van der Waals surface area contributed by atoms with Gasteiger partial charge in [-0.3, -0.25) is 10.1 Å². The average molecular weight is 361 g/mol. The number of benzene rings is 1. The number of hydrogen-bond acceptors (Lipinski definition) is 5. The Labute approximate surface area is 158 Å². The van der Waals surface area contributed by atoms with Crippen LogP contribution in [-0.2, 0) is 0 Å². The van der Waals surface area contributed by atoms with E-state index in [4.69, 9.17) is 9.72 Å². The fourth-order valence-corrected chi connectivity index (χ4v) is 3.99. The summed E-state index contributed by atoms with van der Waals surface area (Å²) in [6, 6.07) is 6.16. The Kier molecular flexibility index (Phi) is 3.75. The molecule has 1 aliphatic heterocycles. The van der Waals surface area contributed by atoms with Crippen LogP contribution in [0, 0.1) is 5.41 Å². The summed E-state index contributed by atoms with van der Waals surface area (Å²) in [6.07, 6.45) is 7.28. The lowest BCUT2D eigenvalue weighted by atomic mass is 9.92. The van der Waals surface area contributed by atoms with Crippen LogP contribution in [-0.4, -0.2) is 39.4 Å². The van der Waals surface area contributed by atoms with Gasteiger partial charge in [-0.25, -0.2) is 4.98 Å². The number of H-pyrrole nitrogens is 1. The van der Waals surface area contributed by atoms with E-state index in [1.807, 2.05) is 19.1 Å². The molecule has 1 unspecified atom stereocenters. The van der Waals surface area contributed by atoms with Crippen molar-refractivity contribution in [3.05, 3.63) is 42.7 Å². The highest BCUT2D eigenvalue weighted by molar-refractivity contribution is 5.93. The van der Waals surface area contributed by atoms with E-state index in [9.17, 15) is 0 Å². The largest absolute Gasteiger partial charge is 0.471 e. The molecule has 3 heterocycles. The van der Waals surface area contributed by atoms with Crippen LogP contribution in [0.5, 0.6) is 5.88 Å². The van der Waals surface area contributed by atoms with Crippen molar-refractivity contribution in [1.29, 1.82) is 0 Å². The molecule has 2 aliphatic rings. The monoisotopic (exact) mass is 361 g/mol. The van der Waals surface area contributed by atoms with Crippen LogP contribution >= 0.6 is 0 Å². The first-order valence-electron chi connectivity index (χ1n) is 9.48. The molecule has 6 heteroatoms. The molecule has 1 atom stereocenters. The number of hydrogen-bond donors (Lipinski definition) is 2. The molecular formula is C21H23N5O. The maximum atomic E-state index is 6.26. The molecular weight excluding hydrogens is 338 g/mol. The van der Waals surface area contributed by atoms with Crippen molar-refractivity contribution in [2.24, 2.45) is 5.41 Å². The number of nitrogens with one attached hydrogen (secondary N) is 2. The van der Waals surface area contributed by atoms with Gasteiger partial charge in [0.15, 0.2) is 0 Å². The predicted molar refractivity (Wildman–Crippen MR) is 105 cm³/mol. The minimum atomic E-state index is 0.168. The third kappa shape index (κ3) is 2.90. The van der Waals surface area contributed by atoms with Crippen molar-refractivity contribution in [2.75, 3.05) is 13.1 Å². The van der Waals surface area contributed by atoms with Gasteiger partial charge in [-0.05, 0) is 50.4 Å². The standard InChI is InChI=1S/C21H23N5O/c1-13(2)14-3-4-16-15(9-14)20(26-25-16)17-10-23-12-19(24-17)27-18-11-22-8-7-21(18)5-6-21/h3-4,9-10,12,18,22H,1,5-8,11H2,2H3,(H,25,26). The van der Waals surface area contributed by atoms with Crippen LogP contribution in [0.15, 0.2) is 37.2 Å². The number of aromatic nitrogens is 4. The SMILES string of the molecule is C=C(C)c1ccc2[nH]nc(-c3cncc(OC4CNCCC45CC5)n3)c2c1. The van der Waals surface area contributed by atoms with Gasteiger partial charge in [0.2, 0.25) is 5.88 Å². The number of fused-ring (bicyclic) bond motifs is 1. The second kappa shape index (κ2) is 6.16. The molecule has 2 fully saturated rings. The smallest absolute Gasteiger partial charge is 0.233 e. The van der Waals surface area contributed by atoms with Gasteiger partial charge in [-0.2, -0.15) is 5.10 Å². The van der Waals surface area contributed by atoms with Crippen molar-refractivity contribution in [2.45, 2.75) is 32.3 Å². The zero-order valence-corrected chi connectivity index (χ0v) is 15.5. The Morgan fingerprint density at radius 2 is 2.15 bits per heavy atom. The van der Waals surface area contributed by atoms with Crippen LogP contribution < -0.4 is 10.1 Å². The molecule has 2 N–H and O–H groups in total. The number of allylic oxidation sites excluding steroid dienone is 1. The van der Waals surface area contributed by atoms with Crippen molar-refractivity contribution in [1.82, 2.24) is 25.5 Å². The summed E-state index contributed by atoms with van der Waals surface area (Å²) in [5.41, 5.74) is 4.93. The van der Waals surface area contributed by atoms with Gasteiger partial charge < -0.3 is 10.1 Å². The first-order chi connectivity index (χ1) is 13.1. The molecule has 138 valence electrons. The summed E-state index contributed by atoms with van der Waals surface area (Å²) in [5, 5.41) is 12.0. The Morgan fingerprint density at radius 3 is 2.96 bits per heavy atom. The van der Waals surface area contributed by atoms with Crippen LogP contribution in [0.1, 0.15) is 31.7 Å². The summed E-state index contributed by atoms with van der Waals surface area (Å²) < 4.78 is 6.26. The van der Waals surface area contributed by atoms with Gasteiger partial charge >= 0.3 is 0 Å². The minimum absolute atomic E-state index is 0.168. The topological polar surface area (TPSA) is 75.7 Å². The molecule has 27 heavy (non-hydrogen) atoms. The zero-order valence-electron chi connectivity index (χ0n) is 15.5. The molecule has 5 rings (SSSR count). The Morgan fingerprint density at radius 1 is 1.26 bits per heavy atom. The lowest BCUT2D eigenvalue weighted by molar-refractivity contribution is 0.0844. The number of rotatable bonds is 4. The minimum Gasteiger partial charge on any atom is -0.471 e. The third-order valence-electron chi connectivity index (χ3n) is 5.88. The lowest BCUT2D eigenvalue weighted by Crippen LogP contribution is -2.45. The molecule has 1 spiro atoms. The summed E-state index contributed by atoms with van der Waals surface area (Å²) in [6.45, 7) is 7.99. The van der Waals surface area contributed by atoms with E-state index in [1.54, 1.807) is 12.4 Å². The molecule has 1 saturated heterocycles. The predicted octanol–water partition coefficient (Wildman–Crippen LogP) is 3.57. The van der Waals surface area contributed by atoms with Crippen molar-refractivity contribution < 1.29 is 4.74 Å². The van der Waals surface area contributed by atoms with Crippen molar-refractivity contribution in [3.63, 3.8) is 0 Å². The van der Waals surface area contributed by atoms with Gasteiger partial charge in [0.1, 0.15) is 17.5 Å². The second-order valence-corrected chi connectivity index (χ2v) is 7.78. The Hall–Kier alpha value is -2.73. The van der Waals surface area contributed by atoms with E-state index in [0.29, 0.717) is 17.0 Å². The molecule has 2 aromatic heterocycles. The maximum Gasteiger partial charge on any atom is 0.233 e. The number of nitrogens with zero attached hydrogens (tertiary/aromatic N) is 3. The molecule has 6 nitrogen and oxygen atoms in total. The lowest BCUT2D eigenvalue weighted by Gasteiger charge is -2.32. The Balaban J connectivity index is 1.48. The second-order valence-electron chi connectivity index (χ2n) is 7.78. The van der Waals surface area contributed by atoms with Crippen LogP contribution in [0.3, 0.4) is 0 Å². The third-order valence-corrected chi connectivity index (χ3v) is 5.88. The van der Waals surface area contributed by atoms with Gasteiger partial charge in [0.25, 0.3) is 0 Å². The van der Waals surface area contributed by atoms with Gasteiger partial charge in [-0.1, -0.05) is 18.2 Å². The highest BCUT2D eigenvalue weighted by Gasteiger charge is 2.52. The molecule has 0 bridgehead atoms. The van der Waals surface area contributed by atoms with Crippen molar-refractivity contribution >= 4 is 16.5 Å². The quantitative estimate of drug-likeness (QED) is 0.743. The van der Waals surface area contributed by atoms with E-state index in [-0.39, 0.29) is 6.10 Å². The Bertz CT molecular complexity index is 1020. The van der Waals surface area contributed by atoms with Gasteiger partial charge in [-0.15, -0.1) is 0 Å². The van der Waals surface area contributed by atoms with Crippen LogP contribution in [0.25, 0.3) is 27.9 Å². The summed E-state index contributed by atoms with van der Waals surface area (Å²) in [7, 11) is 0. The number of aromatic amines is 1. The zero-order chi connectivity index (χ0) is 18.4. The molecule has 1 aliphatic carbocycles. The molecule has 0 amide bonds. The highest BCUT2D eigenvalue weighted by atomic mass is 16.5. The normalized spacial score (nSPS) is 20.7.